The van der Waals surface area contributed by atoms with Gasteiger partial charge in [0.1, 0.15) is 0 Å². The predicted molar refractivity (Wildman–Crippen MR) is 87.8 cm³/mol. The van der Waals surface area contributed by atoms with Crippen LogP contribution in [-0.4, -0.2) is 0 Å². The zero-order valence-corrected chi connectivity index (χ0v) is 13.8. The second-order valence-electron chi connectivity index (χ2n) is 5.81. The summed E-state index contributed by atoms with van der Waals surface area (Å²) in [4.78, 5) is 0. The number of alkyl halides is 1. The van der Waals surface area contributed by atoms with E-state index in [1.807, 2.05) is 0 Å². The van der Waals surface area contributed by atoms with E-state index in [0.717, 1.165) is 10.0 Å². The highest BCUT2D eigenvalue weighted by molar-refractivity contribution is 9.10. The van der Waals surface area contributed by atoms with Crippen LogP contribution in [0.2, 0.25) is 0 Å². The van der Waals surface area contributed by atoms with Crippen molar-refractivity contribution in [3.8, 4) is 11.1 Å². The summed E-state index contributed by atoms with van der Waals surface area (Å²) in [6.07, 6.45) is 0. The zero-order chi connectivity index (χ0) is 14.0. The van der Waals surface area contributed by atoms with Crippen LogP contribution in [-0.2, 0) is 11.3 Å². The van der Waals surface area contributed by atoms with Gasteiger partial charge in [-0.1, -0.05) is 61.0 Å². The Balaban J connectivity index is 2.40. The van der Waals surface area contributed by atoms with E-state index in [9.17, 15) is 0 Å². The maximum Gasteiger partial charge on any atom is 0.0474 e. The van der Waals surface area contributed by atoms with Gasteiger partial charge in [-0.05, 0) is 45.9 Å². The summed E-state index contributed by atoms with van der Waals surface area (Å²) >= 11 is 9.46. The van der Waals surface area contributed by atoms with Crippen LogP contribution in [0.1, 0.15) is 31.9 Å². The topological polar surface area (TPSA) is 0 Å². The van der Waals surface area contributed by atoms with Crippen LogP contribution in [0.4, 0.5) is 0 Å². The van der Waals surface area contributed by atoms with Gasteiger partial charge in [-0.3, -0.25) is 0 Å². The molecule has 0 aliphatic heterocycles. The molecule has 2 rings (SSSR count). The van der Waals surface area contributed by atoms with Gasteiger partial charge < -0.3 is 0 Å². The van der Waals surface area contributed by atoms with Crippen molar-refractivity contribution in [3.05, 3.63) is 58.1 Å². The lowest BCUT2D eigenvalue weighted by molar-refractivity contribution is 0.590. The zero-order valence-electron chi connectivity index (χ0n) is 11.5. The fourth-order valence-corrected chi connectivity index (χ4v) is 2.75. The molecule has 0 radical (unpaired) electrons. The Morgan fingerprint density at radius 1 is 0.947 bits per heavy atom. The summed E-state index contributed by atoms with van der Waals surface area (Å²) in [5.41, 5.74) is 5.10. The van der Waals surface area contributed by atoms with Crippen LogP contribution >= 0.6 is 27.5 Å². The van der Waals surface area contributed by atoms with Crippen LogP contribution in [0, 0.1) is 0 Å². The first kappa shape index (κ1) is 14.6. The molecule has 100 valence electrons. The Kier molecular flexibility index (Phi) is 4.37. The maximum absolute atomic E-state index is 5.92. The highest BCUT2D eigenvalue weighted by atomic mass is 79.9. The Hall–Kier alpha value is -0.790. The van der Waals surface area contributed by atoms with Crippen molar-refractivity contribution in [2.24, 2.45) is 0 Å². The molecule has 2 heteroatoms. The molecule has 0 bridgehead atoms. The van der Waals surface area contributed by atoms with E-state index in [1.165, 1.54) is 16.7 Å². The maximum atomic E-state index is 5.92. The standard InChI is InChI=1S/C17H18BrCl/c1-17(2,3)15-6-4-13(5-7-15)14-8-12(11-19)9-16(18)10-14/h4-10H,11H2,1-3H3. The largest absolute Gasteiger partial charge is 0.122 e. The van der Waals surface area contributed by atoms with Crippen molar-refractivity contribution in [1.29, 1.82) is 0 Å². The minimum atomic E-state index is 0.192. The summed E-state index contributed by atoms with van der Waals surface area (Å²) in [5.74, 6) is 0.534. The average Bonchev–Trinajstić information content (AvgIpc) is 2.37. The third-order valence-electron chi connectivity index (χ3n) is 3.20. The molecular weight excluding hydrogens is 320 g/mol. The smallest absolute Gasteiger partial charge is 0.0474 e. The Bertz CT molecular complexity index is 565. The molecule has 0 aliphatic carbocycles. The minimum Gasteiger partial charge on any atom is -0.122 e. The molecule has 0 saturated heterocycles. The number of hydrogen-bond acceptors (Lipinski definition) is 0. The van der Waals surface area contributed by atoms with Crippen molar-refractivity contribution >= 4 is 27.5 Å². The van der Waals surface area contributed by atoms with Crippen LogP contribution in [0.5, 0.6) is 0 Å². The number of benzene rings is 2. The Morgan fingerprint density at radius 2 is 1.58 bits per heavy atom. The van der Waals surface area contributed by atoms with Gasteiger partial charge in [-0.15, -0.1) is 11.6 Å². The summed E-state index contributed by atoms with van der Waals surface area (Å²) in [6, 6.07) is 15.1. The van der Waals surface area contributed by atoms with Crippen LogP contribution < -0.4 is 0 Å². The lowest BCUT2D eigenvalue weighted by Crippen LogP contribution is -2.10. The van der Waals surface area contributed by atoms with Crippen LogP contribution in [0.3, 0.4) is 0 Å². The molecule has 0 heterocycles. The van der Waals surface area contributed by atoms with E-state index in [-0.39, 0.29) is 5.41 Å². The van der Waals surface area contributed by atoms with Crippen LogP contribution in [0.15, 0.2) is 46.9 Å². The van der Waals surface area contributed by atoms with Gasteiger partial charge in [0.05, 0.1) is 0 Å². The van der Waals surface area contributed by atoms with Crippen LogP contribution in [0.25, 0.3) is 11.1 Å². The van der Waals surface area contributed by atoms with E-state index < -0.39 is 0 Å². The molecule has 0 unspecified atom stereocenters. The second-order valence-corrected chi connectivity index (χ2v) is 6.99. The van der Waals surface area contributed by atoms with Gasteiger partial charge in [0.15, 0.2) is 0 Å². The molecule has 0 amide bonds. The quantitative estimate of drug-likeness (QED) is 0.576. The summed E-state index contributed by atoms with van der Waals surface area (Å²) in [6.45, 7) is 6.69. The molecule has 0 N–H and O–H groups in total. The third kappa shape index (κ3) is 3.61. The van der Waals surface area contributed by atoms with Gasteiger partial charge in [0.2, 0.25) is 0 Å². The molecule has 2 aromatic carbocycles. The minimum absolute atomic E-state index is 0.192. The average molecular weight is 338 g/mol. The molecule has 0 spiro atoms. The van der Waals surface area contributed by atoms with Gasteiger partial charge >= 0.3 is 0 Å². The highest BCUT2D eigenvalue weighted by Gasteiger charge is 2.13. The van der Waals surface area contributed by atoms with Crippen molar-refractivity contribution in [2.75, 3.05) is 0 Å². The molecule has 0 aromatic heterocycles. The van der Waals surface area contributed by atoms with E-state index in [1.54, 1.807) is 0 Å². The molecular formula is C17H18BrCl. The summed E-state index contributed by atoms with van der Waals surface area (Å²) in [7, 11) is 0. The number of rotatable bonds is 2. The first-order chi connectivity index (χ1) is 8.90. The number of halogens is 2. The van der Waals surface area contributed by atoms with Crippen molar-refractivity contribution < 1.29 is 0 Å². The first-order valence-electron chi connectivity index (χ1n) is 6.36. The molecule has 2 aromatic rings. The normalized spacial score (nSPS) is 11.6. The molecule has 0 nitrogen and oxygen atoms in total. The molecule has 0 atom stereocenters. The van der Waals surface area contributed by atoms with Crippen molar-refractivity contribution in [1.82, 2.24) is 0 Å². The lowest BCUT2D eigenvalue weighted by Gasteiger charge is -2.19. The van der Waals surface area contributed by atoms with Gasteiger partial charge in [0.25, 0.3) is 0 Å². The fourth-order valence-electron chi connectivity index (χ4n) is 2.06. The summed E-state index contributed by atoms with van der Waals surface area (Å²) < 4.78 is 1.07. The van der Waals surface area contributed by atoms with Gasteiger partial charge in [-0.2, -0.15) is 0 Å². The Morgan fingerprint density at radius 3 is 2.11 bits per heavy atom. The van der Waals surface area contributed by atoms with E-state index in [0.29, 0.717) is 5.88 Å². The van der Waals surface area contributed by atoms with Gasteiger partial charge in [0, 0.05) is 10.4 Å². The molecule has 0 aliphatic rings. The number of hydrogen-bond donors (Lipinski definition) is 0. The molecule has 19 heavy (non-hydrogen) atoms. The SMILES string of the molecule is CC(C)(C)c1ccc(-c2cc(Br)cc(CCl)c2)cc1. The second kappa shape index (κ2) is 5.68. The third-order valence-corrected chi connectivity index (χ3v) is 3.96. The van der Waals surface area contributed by atoms with E-state index in [2.05, 4.69) is 79.2 Å². The van der Waals surface area contributed by atoms with Crippen molar-refractivity contribution in [2.45, 2.75) is 32.1 Å². The first-order valence-corrected chi connectivity index (χ1v) is 7.69. The lowest BCUT2D eigenvalue weighted by atomic mass is 9.86. The van der Waals surface area contributed by atoms with E-state index >= 15 is 0 Å². The highest BCUT2D eigenvalue weighted by Crippen LogP contribution is 2.29. The molecule has 0 saturated carbocycles. The monoisotopic (exact) mass is 336 g/mol. The Labute approximate surface area is 128 Å². The van der Waals surface area contributed by atoms with E-state index in [4.69, 9.17) is 11.6 Å². The van der Waals surface area contributed by atoms with Gasteiger partial charge in [-0.25, -0.2) is 0 Å². The van der Waals surface area contributed by atoms with Crippen molar-refractivity contribution in [3.63, 3.8) is 0 Å². The predicted octanol–water partition coefficient (Wildman–Crippen LogP) is 6.15. The fraction of sp³-hybridized carbons (Fsp3) is 0.294. The molecule has 0 fully saturated rings. The summed E-state index contributed by atoms with van der Waals surface area (Å²) in [5, 5.41) is 0.